The SMILES string of the molecule is CN(C)C(=O)C1(CNC2=NCCN2C)CCCC1. The first-order chi connectivity index (χ1) is 8.55. The van der Waals surface area contributed by atoms with Crippen molar-refractivity contribution < 1.29 is 4.79 Å². The van der Waals surface area contributed by atoms with Gasteiger partial charge in [-0.1, -0.05) is 12.8 Å². The Balaban J connectivity index is 2.00. The van der Waals surface area contributed by atoms with Crippen molar-refractivity contribution in [3.05, 3.63) is 0 Å². The molecule has 1 heterocycles. The van der Waals surface area contributed by atoms with E-state index in [1.807, 2.05) is 21.1 Å². The quantitative estimate of drug-likeness (QED) is 0.797. The van der Waals surface area contributed by atoms with Gasteiger partial charge < -0.3 is 15.1 Å². The Kier molecular flexibility index (Phi) is 3.78. The summed E-state index contributed by atoms with van der Waals surface area (Å²) in [5, 5.41) is 3.38. The lowest BCUT2D eigenvalue weighted by Gasteiger charge is -2.31. The molecule has 0 bridgehead atoms. The third-order valence-electron chi connectivity index (χ3n) is 4.06. The second-order valence-electron chi connectivity index (χ2n) is 5.67. The fourth-order valence-corrected chi connectivity index (χ4v) is 2.96. The Bertz CT molecular complexity index is 345. The lowest BCUT2D eigenvalue weighted by molar-refractivity contribution is -0.138. The van der Waals surface area contributed by atoms with Crippen LogP contribution < -0.4 is 5.32 Å². The van der Waals surface area contributed by atoms with E-state index >= 15 is 0 Å². The van der Waals surface area contributed by atoms with Crippen molar-refractivity contribution in [1.82, 2.24) is 15.1 Å². The van der Waals surface area contributed by atoms with E-state index in [2.05, 4.69) is 15.2 Å². The summed E-state index contributed by atoms with van der Waals surface area (Å²) < 4.78 is 0. The Morgan fingerprint density at radius 3 is 2.61 bits per heavy atom. The van der Waals surface area contributed by atoms with E-state index in [-0.39, 0.29) is 11.3 Å². The molecule has 0 saturated heterocycles. The minimum Gasteiger partial charge on any atom is -0.355 e. The molecule has 5 heteroatoms. The molecular formula is C13H24N4O. The average Bonchev–Trinajstić information content (AvgIpc) is 2.95. The minimum atomic E-state index is -0.213. The van der Waals surface area contributed by atoms with Crippen molar-refractivity contribution >= 4 is 11.9 Å². The number of carbonyl (C=O) groups is 1. The molecule has 0 unspecified atom stereocenters. The maximum Gasteiger partial charge on any atom is 0.230 e. The van der Waals surface area contributed by atoms with Crippen LogP contribution in [0.5, 0.6) is 0 Å². The highest BCUT2D eigenvalue weighted by Crippen LogP contribution is 2.38. The number of amides is 1. The molecule has 1 amide bonds. The van der Waals surface area contributed by atoms with Gasteiger partial charge in [-0.25, -0.2) is 0 Å². The zero-order chi connectivity index (χ0) is 13.2. The summed E-state index contributed by atoms with van der Waals surface area (Å²) in [6.45, 7) is 2.54. The number of likely N-dealkylation sites (N-methyl/N-ethyl adjacent to an activating group) is 1. The van der Waals surface area contributed by atoms with Crippen molar-refractivity contribution in [3.8, 4) is 0 Å². The first-order valence-corrected chi connectivity index (χ1v) is 6.76. The summed E-state index contributed by atoms with van der Waals surface area (Å²) in [5.74, 6) is 1.20. The van der Waals surface area contributed by atoms with Crippen LogP contribution in [0, 0.1) is 5.41 Å². The summed E-state index contributed by atoms with van der Waals surface area (Å²) in [4.78, 5) is 20.6. The Morgan fingerprint density at radius 2 is 2.11 bits per heavy atom. The Labute approximate surface area is 109 Å². The Hall–Kier alpha value is -1.26. The molecular weight excluding hydrogens is 228 g/mol. The predicted molar refractivity (Wildman–Crippen MR) is 72.5 cm³/mol. The van der Waals surface area contributed by atoms with Gasteiger partial charge in [0, 0.05) is 34.2 Å². The fraction of sp³-hybridized carbons (Fsp3) is 0.846. The second kappa shape index (κ2) is 5.16. The minimum absolute atomic E-state index is 0.213. The van der Waals surface area contributed by atoms with Crippen LogP contribution in [0.2, 0.25) is 0 Å². The monoisotopic (exact) mass is 252 g/mol. The second-order valence-corrected chi connectivity index (χ2v) is 5.67. The highest BCUT2D eigenvalue weighted by atomic mass is 16.2. The molecule has 0 atom stereocenters. The van der Waals surface area contributed by atoms with E-state index in [1.54, 1.807) is 4.90 Å². The van der Waals surface area contributed by atoms with E-state index in [9.17, 15) is 4.79 Å². The van der Waals surface area contributed by atoms with Crippen LogP contribution in [0.1, 0.15) is 25.7 Å². The normalized spacial score (nSPS) is 21.9. The first kappa shape index (κ1) is 13.2. The molecule has 0 aromatic carbocycles. The molecule has 2 aliphatic rings. The lowest BCUT2D eigenvalue weighted by Crippen LogP contribution is -2.48. The van der Waals surface area contributed by atoms with E-state index in [4.69, 9.17) is 0 Å². The Morgan fingerprint density at radius 1 is 1.44 bits per heavy atom. The van der Waals surface area contributed by atoms with E-state index in [1.165, 1.54) is 0 Å². The molecule has 0 aromatic rings. The van der Waals surface area contributed by atoms with Crippen LogP contribution in [0.3, 0.4) is 0 Å². The van der Waals surface area contributed by atoms with Gasteiger partial charge in [0.25, 0.3) is 0 Å². The number of carbonyl (C=O) groups excluding carboxylic acids is 1. The highest BCUT2D eigenvalue weighted by molar-refractivity contribution is 5.85. The molecule has 1 N–H and O–H groups in total. The number of rotatable bonds is 3. The third-order valence-corrected chi connectivity index (χ3v) is 4.06. The van der Waals surface area contributed by atoms with Crippen LogP contribution in [-0.4, -0.2) is 62.4 Å². The first-order valence-electron chi connectivity index (χ1n) is 6.76. The van der Waals surface area contributed by atoms with Crippen molar-refractivity contribution in [2.24, 2.45) is 10.4 Å². The number of hydrogen-bond acceptors (Lipinski definition) is 4. The molecule has 0 aromatic heterocycles. The van der Waals surface area contributed by atoms with Crippen molar-refractivity contribution in [1.29, 1.82) is 0 Å². The van der Waals surface area contributed by atoms with Crippen LogP contribution in [-0.2, 0) is 4.79 Å². The highest BCUT2D eigenvalue weighted by Gasteiger charge is 2.42. The van der Waals surface area contributed by atoms with Crippen LogP contribution in [0.25, 0.3) is 0 Å². The molecule has 18 heavy (non-hydrogen) atoms. The van der Waals surface area contributed by atoms with Gasteiger partial charge in [-0.05, 0) is 12.8 Å². The fourth-order valence-electron chi connectivity index (χ4n) is 2.96. The molecule has 5 nitrogen and oxygen atoms in total. The van der Waals surface area contributed by atoms with Gasteiger partial charge in [-0.2, -0.15) is 0 Å². The summed E-state index contributed by atoms with van der Waals surface area (Å²) in [7, 11) is 5.73. The lowest BCUT2D eigenvalue weighted by atomic mass is 9.84. The number of hydrogen-bond donors (Lipinski definition) is 1. The number of guanidine groups is 1. The maximum atomic E-state index is 12.4. The van der Waals surface area contributed by atoms with Gasteiger partial charge in [0.15, 0.2) is 5.96 Å². The molecule has 1 aliphatic carbocycles. The van der Waals surface area contributed by atoms with E-state index in [0.717, 1.165) is 44.7 Å². The smallest absolute Gasteiger partial charge is 0.230 e. The van der Waals surface area contributed by atoms with Crippen molar-refractivity contribution in [2.75, 3.05) is 40.8 Å². The number of aliphatic imine (C=N–C) groups is 1. The summed E-state index contributed by atoms with van der Waals surface area (Å²) in [5.41, 5.74) is -0.213. The molecule has 1 saturated carbocycles. The molecule has 102 valence electrons. The average molecular weight is 252 g/mol. The molecule has 1 fully saturated rings. The van der Waals surface area contributed by atoms with Gasteiger partial charge in [0.05, 0.1) is 12.0 Å². The van der Waals surface area contributed by atoms with Crippen LogP contribution >= 0.6 is 0 Å². The van der Waals surface area contributed by atoms with Crippen molar-refractivity contribution in [3.63, 3.8) is 0 Å². The zero-order valence-electron chi connectivity index (χ0n) is 11.7. The van der Waals surface area contributed by atoms with Crippen LogP contribution in [0.4, 0.5) is 0 Å². The van der Waals surface area contributed by atoms with Crippen LogP contribution in [0.15, 0.2) is 4.99 Å². The standard InChI is InChI=1S/C13H24N4O/c1-16(2)11(18)13(6-4-5-7-13)10-15-12-14-8-9-17(12)3/h4-10H2,1-3H3,(H,14,15). The van der Waals surface area contributed by atoms with E-state index < -0.39 is 0 Å². The maximum absolute atomic E-state index is 12.4. The summed E-state index contributed by atoms with van der Waals surface area (Å²) in [6, 6.07) is 0. The third kappa shape index (κ3) is 2.44. The summed E-state index contributed by atoms with van der Waals surface area (Å²) in [6.07, 6.45) is 4.30. The zero-order valence-corrected chi connectivity index (χ0v) is 11.7. The molecule has 2 rings (SSSR count). The van der Waals surface area contributed by atoms with Gasteiger partial charge >= 0.3 is 0 Å². The number of nitrogens with zero attached hydrogens (tertiary/aromatic N) is 3. The molecule has 0 radical (unpaired) electrons. The van der Waals surface area contributed by atoms with Gasteiger partial charge in [-0.15, -0.1) is 0 Å². The number of nitrogens with one attached hydrogen (secondary N) is 1. The summed E-state index contributed by atoms with van der Waals surface area (Å²) >= 11 is 0. The predicted octanol–water partition coefficient (Wildman–Crippen LogP) is 0.526. The van der Waals surface area contributed by atoms with Gasteiger partial charge in [0.1, 0.15) is 0 Å². The van der Waals surface area contributed by atoms with E-state index in [0.29, 0.717) is 6.54 Å². The largest absolute Gasteiger partial charge is 0.355 e. The van der Waals surface area contributed by atoms with Gasteiger partial charge in [-0.3, -0.25) is 9.79 Å². The molecule has 1 aliphatic heterocycles. The molecule has 0 spiro atoms. The van der Waals surface area contributed by atoms with Gasteiger partial charge in [0.2, 0.25) is 5.91 Å². The van der Waals surface area contributed by atoms with Crippen molar-refractivity contribution in [2.45, 2.75) is 25.7 Å². The topological polar surface area (TPSA) is 47.9 Å².